The highest BCUT2D eigenvalue weighted by molar-refractivity contribution is 6.09. The third kappa shape index (κ3) is 6.39. The minimum absolute atomic E-state index is 0.106. The van der Waals surface area contributed by atoms with E-state index in [9.17, 15) is 14.4 Å². The van der Waals surface area contributed by atoms with E-state index in [1.54, 1.807) is 4.90 Å². The van der Waals surface area contributed by atoms with Gasteiger partial charge in [0.05, 0.1) is 42.1 Å². The van der Waals surface area contributed by atoms with E-state index in [4.69, 9.17) is 24.2 Å². The third-order valence-corrected chi connectivity index (χ3v) is 10.7. The number of methoxy groups -OCH3 is 1. The first kappa shape index (κ1) is 35.4. The zero-order chi connectivity index (χ0) is 37.9. The highest BCUT2D eigenvalue weighted by Gasteiger charge is 2.38. The number of H-pyrrole nitrogens is 2. The number of benzene rings is 3. The fourth-order valence-corrected chi connectivity index (χ4v) is 8.12. The number of hydrogen-bond acceptors (Lipinski definition) is 8. The number of imidazole rings is 2. The number of amides is 3. The SMILES string of the molecule is COC(=O)N[C@H](C(=O)N1CCCC1c1ncc(-c2ccc3c(c2)COc2c-3ccc3c2ccc2[nH]c([C@@H]4CCCN4C(=O)OC(C)(C)C)nc23)[nH]1)C(C)C. The van der Waals surface area contributed by atoms with E-state index >= 15 is 0 Å². The quantitative estimate of drug-likeness (QED) is 0.160. The van der Waals surface area contributed by atoms with E-state index < -0.39 is 17.7 Å². The van der Waals surface area contributed by atoms with Crippen LogP contribution in [0.2, 0.25) is 0 Å². The summed E-state index contributed by atoms with van der Waals surface area (Å²) in [5, 5.41) is 4.68. The van der Waals surface area contributed by atoms with Gasteiger partial charge < -0.3 is 34.4 Å². The maximum Gasteiger partial charge on any atom is 0.410 e. The molecule has 54 heavy (non-hydrogen) atoms. The maximum atomic E-state index is 13.6. The van der Waals surface area contributed by atoms with E-state index in [2.05, 4.69) is 51.7 Å². The molecule has 3 aliphatic heterocycles. The molecule has 0 saturated carbocycles. The van der Waals surface area contributed by atoms with Crippen LogP contribution in [0.3, 0.4) is 0 Å². The second-order valence-corrected chi connectivity index (χ2v) is 15.8. The van der Waals surface area contributed by atoms with E-state index in [-0.39, 0.29) is 30.0 Å². The molecule has 3 amide bonds. The largest absolute Gasteiger partial charge is 0.488 e. The van der Waals surface area contributed by atoms with Gasteiger partial charge >= 0.3 is 12.2 Å². The zero-order valence-corrected chi connectivity index (χ0v) is 31.6. The number of hydrogen-bond donors (Lipinski definition) is 3. The van der Waals surface area contributed by atoms with Crippen LogP contribution in [0.15, 0.2) is 48.7 Å². The Morgan fingerprint density at radius 3 is 2.39 bits per heavy atom. The molecule has 3 N–H and O–H groups in total. The van der Waals surface area contributed by atoms with Gasteiger partial charge in [0, 0.05) is 29.4 Å². The second kappa shape index (κ2) is 13.7. The van der Waals surface area contributed by atoms with Crippen LogP contribution < -0.4 is 10.1 Å². The topological polar surface area (TPSA) is 155 Å². The Morgan fingerprint density at radius 1 is 0.926 bits per heavy atom. The van der Waals surface area contributed by atoms with Crippen molar-refractivity contribution in [3.63, 3.8) is 0 Å². The number of carbonyl (C=O) groups is 3. The summed E-state index contributed by atoms with van der Waals surface area (Å²) in [6.07, 6.45) is 4.22. The molecule has 3 aromatic carbocycles. The number of alkyl carbamates (subject to hydrolysis) is 1. The molecule has 13 heteroatoms. The molecule has 282 valence electrons. The second-order valence-electron chi connectivity index (χ2n) is 15.8. The lowest BCUT2D eigenvalue weighted by molar-refractivity contribution is -0.135. The molecule has 2 saturated heterocycles. The van der Waals surface area contributed by atoms with Crippen molar-refractivity contribution in [2.45, 2.75) is 90.6 Å². The number of ether oxygens (including phenoxy) is 3. The number of likely N-dealkylation sites (tertiary alicyclic amines) is 2. The normalized spacial score (nSPS) is 18.8. The summed E-state index contributed by atoms with van der Waals surface area (Å²) in [6, 6.07) is 13.6. The smallest absolute Gasteiger partial charge is 0.410 e. The van der Waals surface area contributed by atoms with Gasteiger partial charge in [0.25, 0.3) is 0 Å². The van der Waals surface area contributed by atoms with Crippen LogP contribution in [0.5, 0.6) is 5.75 Å². The lowest BCUT2D eigenvalue weighted by Crippen LogP contribution is -2.51. The summed E-state index contributed by atoms with van der Waals surface area (Å²) in [6.45, 7) is 11.1. The molecule has 3 atom stereocenters. The Kier molecular flexibility index (Phi) is 8.98. The average molecular weight is 734 g/mol. The van der Waals surface area contributed by atoms with Gasteiger partial charge in [-0.15, -0.1) is 0 Å². The summed E-state index contributed by atoms with van der Waals surface area (Å²) >= 11 is 0. The number of fused-ring (bicyclic) bond motifs is 7. The molecule has 2 fully saturated rings. The molecular weight excluding hydrogens is 686 g/mol. The minimum atomic E-state index is -0.690. The van der Waals surface area contributed by atoms with Crippen LogP contribution in [0, 0.1) is 5.92 Å². The number of nitrogens with one attached hydrogen (secondary N) is 3. The van der Waals surface area contributed by atoms with Crippen LogP contribution in [-0.2, 0) is 20.9 Å². The number of nitrogens with zero attached hydrogens (tertiary/aromatic N) is 4. The highest BCUT2D eigenvalue weighted by Crippen LogP contribution is 2.45. The van der Waals surface area contributed by atoms with Crippen molar-refractivity contribution in [2.75, 3.05) is 20.2 Å². The summed E-state index contributed by atoms with van der Waals surface area (Å²) in [5.41, 5.74) is 6.21. The van der Waals surface area contributed by atoms with Crippen molar-refractivity contribution in [2.24, 2.45) is 5.92 Å². The van der Waals surface area contributed by atoms with Crippen molar-refractivity contribution in [1.29, 1.82) is 0 Å². The Morgan fingerprint density at radius 2 is 1.65 bits per heavy atom. The Balaban J connectivity index is 1.04. The highest BCUT2D eigenvalue weighted by atomic mass is 16.6. The predicted molar refractivity (Wildman–Crippen MR) is 204 cm³/mol. The van der Waals surface area contributed by atoms with Gasteiger partial charge in [0.1, 0.15) is 35.6 Å². The van der Waals surface area contributed by atoms with Gasteiger partial charge in [-0.25, -0.2) is 19.6 Å². The van der Waals surface area contributed by atoms with Crippen molar-refractivity contribution >= 4 is 39.9 Å². The molecule has 13 nitrogen and oxygen atoms in total. The van der Waals surface area contributed by atoms with E-state index in [0.29, 0.717) is 19.7 Å². The fourth-order valence-electron chi connectivity index (χ4n) is 8.12. The van der Waals surface area contributed by atoms with E-state index in [1.165, 1.54) is 7.11 Å². The van der Waals surface area contributed by atoms with Crippen LogP contribution >= 0.6 is 0 Å². The van der Waals surface area contributed by atoms with Gasteiger partial charge in [-0.3, -0.25) is 9.69 Å². The van der Waals surface area contributed by atoms with Crippen LogP contribution in [0.1, 0.15) is 89.6 Å². The van der Waals surface area contributed by atoms with E-state index in [1.807, 2.05) is 51.8 Å². The molecular formula is C41H47N7O6. The summed E-state index contributed by atoms with van der Waals surface area (Å²) in [4.78, 5) is 59.0. The van der Waals surface area contributed by atoms with Gasteiger partial charge in [-0.1, -0.05) is 32.0 Å². The summed E-state index contributed by atoms with van der Waals surface area (Å²) in [7, 11) is 1.29. The Labute approximate surface area is 313 Å². The van der Waals surface area contributed by atoms with E-state index in [0.717, 1.165) is 92.8 Å². The lowest BCUT2D eigenvalue weighted by Gasteiger charge is -2.30. The Bertz CT molecular complexity index is 2270. The van der Waals surface area contributed by atoms with Crippen molar-refractivity contribution < 1.29 is 28.6 Å². The molecule has 5 aromatic rings. The number of rotatable bonds is 6. The van der Waals surface area contributed by atoms with Gasteiger partial charge in [0.2, 0.25) is 5.91 Å². The maximum absolute atomic E-state index is 13.6. The number of aromatic nitrogens is 4. The first-order chi connectivity index (χ1) is 25.9. The first-order valence-corrected chi connectivity index (χ1v) is 18.8. The standard InChI is InChI=1S/C41H47N7O6/c1-22(2)33(46-39(50)52-6)38(49)47-17-7-9-31(47)36-42-20-30(44-36)23-11-12-25-24(19-23)21-53-35-27(25)14-13-26-28(35)15-16-29-34(26)45-37(43-29)32-10-8-18-48(32)40(51)54-41(3,4)5/h11-16,19-20,22,31-33H,7-10,17-18,21H2,1-6H3,(H,42,44)(H,43,45)(H,46,50)/t31?,32-,33-/m0/s1. The molecule has 1 unspecified atom stereocenters. The first-order valence-electron chi connectivity index (χ1n) is 18.8. The molecule has 0 bridgehead atoms. The van der Waals surface area contributed by atoms with Gasteiger partial charge in [0.15, 0.2) is 0 Å². The molecule has 8 rings (SSSR count). The molecule has 0 spiro atoms. The summed E-state index contributed by atoms with van der Waals surface area (Å²) < 4.78 is 17.0. The molecule has 5 heterocycles. The number of carbonyl (C=O) groups excluding carboxylic acids is 3. The van der Waals surface area contributed by atoms with Crippen LogP contribution in [-0.4, -0.2) is 79.7 Å². The lowest BCUT2D eigenvalue weighted by atomic mass is 9.92. The van der Waals surface area contributed by atoms with Crippen molar-refractivity contribution in [3.8, 4) is 28.1 Å². The van der Waals surface area contributed by atoms with Crippen molar-refractivity contribution in [1.82, 2.24) is 35.1 Å². The molecule has 2 aromatic heterocycles. The predicted octanol–water partition coefficient (Wildman–Crippen LogP) is 7.78. The minimum Gasteiger partial charge on any atom is -0.488 e. The monoisotopic (exact) mass is 733 g/mol. The van der Waals surface area contributed by atoms with Gasteiger partial charge in [-0.2, -0.15) is 0 Å². The fraction of sp³-hybridized carbons (Fsp3) is 0.439. The van der Waals surface area contributed by atoms with Gasteiger partial charge in [-0.05, 0) is 93.3 Å². The summed E-state index contributed by atoms with van der Waals surface area (Å²) in [5.74, 6) is 2.07. The van der Waals surface area contributed by atoms with Crippen LogP contribution in [0.25, 0.3) is 44.2 Å². The van der Waals surface area contributed by atoms with Crippen LogP contribution in [0.4, 0.5) is 9.59 Å². The number of aromatic amines is 2. The van der Waals surface area contributed by atoms with Crippen molar-refractivity contribution in [3.05, 3.63) is 65.9 Å². The third-order valence-electron chi connectivity index (χ3n) is 10.7. The molecule has 0 radical (unpaired) electrons. The molecule has 3 aliphatic rings. The Hall–Kier alpha value is -5.59. The molecule has 0 aliphatic carbocycles. The average Bonchev–Trinajstić information content (AvgIpc) is 3.97. The zero-order valence-electron chi connectivity index (χ0n) is 31.6.